The van der Waals surface area contributed by atoms with E-state index in [1.807, 2.05) is 13.0 Å². The Bertz CT molecular complexity index is 650. The normalized spacial score (nSPS) is 10.2. The van der Waals surface area contributed by atoms with Gasteiger partial charge in [0.2, 0.25) is 0 Å². The molecule has 3 nitrogen and oxygen atoms in total. The van der Waals surface area contributed by atoms with E-state index in [9.17, 15) is 9.18 Å². The van der Waals surface area contributed by atoms with Crippen molar-refractivity contribution in [1.82, 2.24) is 0 Å². The SMILES string of the molecule is COc1ccc(C)cc1C(=O)c1cccc(OC)c1F. The largest absolute Gasteiger partial charge is 0.496 e. The Kier molecular flexibility index (Phi) is 4.03. The van der Waals surface area contributed by atoms with Crippen molar-refractivity contribution < 1.29 is 18.7 Å². The zero-order valence-electron chi connectivity index (χ0n) is 11.6. The van der Waals surface area contributed by atoms with E-state index in [2.05, 4.69) is 0 Å². The van der Waals surface area contributed by atoms with Gasteiger partial charge in [-0.3, -0.25) is 4.79 Å². The van der Waals surface area contributed by atoms with E-state index in [1.165, 1.54) is 26.4 Å². The molecule has 0 heterocycles. The smallest absolute Gasteiger partial charge is 0.199 e. The first-order valence-corrected chi connectivity index (χ1v) is 6.10. The maximum atomic E-state index is 14.2. The monoisotopic (exact) mass is 274 g/mol. The molecule has 0 unspecified atom stereocenters. The molecule has 0 atom stereocenters. The maximum absolute atomic E-state index is 14.2. The number of ether oxygens (including phenoxy) is 2. The lowest BCUT2D eigenvalue weighted by atomic mass is 10.00. The molecule has 0 N–H and O–H groups in total. The number of hydrogen-bond acceptors (Lipinski definition) is 3. The fraction of sp³-hybridized carbons (Fsp3) is 0.188. The number of methoxy groups -OCH3 is 2. The summed E-state index contributed by atoms with van der Waals surface area (Å²) in [5.41, 5.74) is 1.20. The summed E-state index contributed by atoms with van der Waals surface area (Å²) in [4.78, 5) is 12.5. The van der Waals surface area contributed by atoms with Crippen LogP contribution >= 0.6 is 0 Å². The first kappa shape index (κ1) is 14.1. The number of benzene rings is 2. The lowest BCUT2D eigenvalue weighted by Crippen LogP contribution is -2.07. The van der Waals surface area contributed by atoms with Crippen LogP contribution in [0.4, 0.5) is 4.39 Å². The van der Waals surface area contributed by atoms with Crippen LogP contribution in [0.1, 0.15) is 21.5 Å². The zero-order valence-corrected chi connectivity index (χ0v) is 11.6. The van der Waals surface area contributed by atoms with E-state index in [0.717, 1.165) is 5.56 Å². The number of ketones is 1. The van der Waals surface area contributed by atoms with E-state index in [-0.39, 0.29) is 11.3 Å². The Hall–Kier alpha value is -2.36. The van der Waals surface area contributed by atoms with Crippen LogP contribution in [0.25, 0.3) is 0 Å². The molecule has 0 fully saturated rings. The molecule has 0 saturated carbocycles. The second kappa shape index (κ2) is 5.74. The molecule has 20 heavy (non-hydrogen) atoms. The first-order chi connectivity index (χ1) is 9.58. The topological polar surface area (TPSA) is 35.5 Å². The van der Waals surface area contributed by atoms with Crippen molar-refractivity contribution in [2.75, 3.05) is 14.2 Å². The standard InChI is InChI=1S/C16H15FO3/c1-10-7-8-13(19-2)12(9-10)16(18)11-5-4-6-14(20-3)15(11)17/h4-9H,1-3H3. The Morgan fingerprint density at radius 3 is 2.35 bits per heavy atom. The highest BCUT2D eigenvalue weighted by Crippen LogP contribution is 2.27. The number of halogens is 1. The van der Waals surface area contributed by atoms with Gasteiger partial charge in [0.05, 0.1) is 25.3 Å². The highest BCUT2D eigenvalue weighted by atomic mass is 19.1. The highest BCUT2D eigenvalue weighted by Gasteiger charge is 2.20. The van der Waals surface area contributed by atoms with E-state index in [4.69, 9.17) is 9.47 Å². The van der Waals surface area contributed by atoms with Gasteiger partial charge in [-0.25, -0.2) is 4.39 Å². The van der Waals surface area contributed by atoms with Gasteiger partial charge in [0.1, 0.15) is 5.75 Å². The number of hydrogen-bond donors (Lipinski definition) is 0. The van der Waals surface area contributed by atoms with E-state index in [1.54, 1.807) is 18.2 Å². The van der Waals surface area contributed by atoms with Crippen molar-refractivity contribution in [3.63, 3.8) is 0 Å². The molecule has 0 saturated heterocycles. The van der Waals surface area contributed by atoms with Crippen molar-refractivity contribution >= 4 is 5.78 Å². The third kappa shape index (κ3) is 2.50. The molecule has 0 radical (unpaired) electrons. The lowest BCUT2D eigenvalue weighted by Gasteiger charge is -2.10. The van der Waals surface area contributed by atoms with Crippen LogP contribution in [0.3, 0.4) is 0 Å². The fourth-order valence-electron chi connectivity index (χ4n) is 1.99. The summed E-state index contributed by atoms with van der Waals surface area (Å²) in [6.07, 6.45) is 0. The number of carbonyl (C=O) groups is 1. The minimum Gasteiger partial charge on any atom is -0.496 e. The molecular weight excluding hydrogens is 259 g/mol. The molecule has 0 bridgehead atoms. The van der Waals surface area contributed by atoms with Gasteiger partial charge in [-0.1, -0.05) is 17.7 Å². The van der Waals surface area contributed by atoms with Gasteiger partial charge in [-0.2, -0.15) is 0 Å². The first-order valence-electron chi connectivity index (χ1n) is 6.10. The number of aryl methyl sites for hydroxylation is 1. The van der Waals surface area contributed by atoms with Gasteiger partial charge in [-0.05, 0) is 31.2 Å². The Balaban J connectivity index is 2.54. The Morgan fingerprint density at radius 1 is 1.00 bits per heavy atom. The molecule has 4 heteroatoms. The van der Waals surface area contributed by atoms with Gasteiger partial charge in [0, 0.05) is 0 Å². The van der Waals surface area contributed by atoms with Crippen molar-refractivity contribution in [2.45, 2.75) is 6.92 Å². The zero-order chi connectivity index (χ0) is 14.7. The molecule has 2 aromatic carbocycles. The van der Waals surface area contributed by atoms with Gasteiger partial charge in [0.15, 0.2) is 17.3 Å². The second-order valence-corrected chi connectivity index (χ2v) is 4.35. The molecule has 2 aromatic rings. The summed E-state index contributed by atoms with van der Waals surface area (Å²) in [6.45, 7) is 1.86. The molecule has 0 aliphatic rings. The molecule has 0 aliphatic carbocycles. The van der Waals surface area contributed by atoms with Crippen LogP contribution in [-0.2, 0) is 0 Å². The molecule has 0 spiro atoms. The van der Waals surface area contributed by atoms with E-state index < -0.39 is 11.6 Å². The highest BCUT2D eigenvalue weighted by molar-refractivity contribution is 6.11. The summed E-state index contributed by atoms with van der Waals surface area (Å²) < 4.78 is 24.2. The average molecular weight is 274 g/mol. The molecule has 104 valence electrons. The Labute approximate surface area is 117 Å². The Morgan fingerprint density at radius 2 is 1.70 bits per heavy atom. The van der Waals surface area contributed by atoms with Gasteiger partial charge in [0.25, 0.3) is 0 Å². The second-order valence-electron chi connectivity index (χ2n) is 4.35. The van der Waals surface area contributed by atoms with Crippen molar-refractivity contribution in [3.05, 3.63) is 58.9 Å². The quantitative estimate of drug-likeness (QED) is 0.802. The van der Waals surface area contributed by atoms with Crippen LogP contribution in [0.5, 0.6) is 11.5 Å². The molecule has 0 amide bonds. The summed E-state index contributed by atoms with van der Waals surface area (Å²) in [6, 6.07) is 9.69. The number of carbonyl (C=O) groups excluding carboxylic acids is 1. The minimum atomic E-state index is -0.663. The third-order valence-corrected chi connectivity index (χ3v) is 3.03. The van der Waals surface area contributed by atoms with E-state index in [0.29, 0.717) is 11.3 Å². The lowest BCUT2D eigenvalue weighted by molar-refractivity contribution is 0.103. The van der Waals surface area contributed by atoms with Crippen molar-refractivity contribution in [2.24, 2.45) is 0 Å². The van der Waals surface area contributed by atoms with Gasteiger partial charge >= 0.3 is 0 Å². The summed E-state index contributed by atoms with van der Waals surface area (Å²) in [7, 11) is 2.84. The summed E-state index contributed by atoms with van der Waals surface area (Å²) in [5, 5.41) is 0. The summed E-state index contributed by atoms with van der Waals surface area (Å²) >= 11 is 0. The predicted molar refractivity (Wildman–Crippen MR) is 74.1 cm³/mol. The predicted octanol–water partition coefficient (Wildman–Crippen LogP) is 3.38. The van der Waals surface area contributed by atoms with Crippen LogP contribution in [0, 0.1) is 12.7 Å². The van der Waals surface area contributed by atoms with Crippen molar-refractivity contribution in [1.29, 1.82) is 0 Å². The fourth-order valence-corrected chi connectivity index (χ4v) is 1.99. The van der Waals surface area contributed by atoms with Crippen LogP contribution < -0.4 is 9.47 Å². The maximum Gasteiger partial charge on any atom is 0.199 e. The minimum absolute atomic E-state index is 0.0340. The molecule has 2 rings (SSSR count). The third-order valence-electron chi connectivity index (χ3n) is 3.03. The average Bonchev–Trinajstić information content (AvgIpc) is 2.46. The molecule has 0 aliphatic heterocycles. The van der Waals surface area contributed by atoms with E-state index >= 15 is 0 Å². The van der Waals surface area contributed by atoms with Crippen LogP contribution in [-0.4, -0.2) is 20.0 Å². The van der Waals surface area contributed by atoms with Gasteiger partial charge < -0.3 is 9.47 Å². The van der Waals surface area contributed by atoms with Crippen molar-refractivity contribution in [3.8, 4) is 11.5 Å². The number of rotatable bonds is 4. The molecular formula is C16H15FO3. The van der Waals surface area contributed by atoms with Crippen LogP contribution in [0.2, 0.25) is 0 Å². The summed E-state index contributed by atoms with van der Waals surface area (Å²) in [5.74, 6) is -0.629. The molecule has 0 aromatic heterocycles. The van der Waals surface area contributed by atoms with Gasteiger partial charge in [-0.15, -0.1) is 0 Å². The van der Waals surface area contributed by atoms with Crippen LogP contribution in [0.15, 0.2) is 36.4 Å².